The fraction of sp³-hybridized carbons (Fsp3) is 0.600. The Hall–Kier alpha value is -0.0900. The highest BCUT2D eigenvalue weighted by Gasteiger charge is 2.34. The van der Waals surface area contributed by atoms with E-state index in [1.54, 1.807) is 0 Å². The molecule has 0 heterocycles. The summed E-state index contributed by atoms with van der Waals surface area (Å²) in [5, 5.41) is 0. The molecule has 1 aromatic carbocycles. The first-order chi connectivity index (χ1) is 7.97. The monoisotopic (exact) mass is 343 g/mol. The molecule has 2 N–H and O–H groups in total. The Morgan fingerprint density at radius 2 is 1.71 bits per heavy atom. The molecule has 0 radical (unpaired) electrons. The fourth-order valence-electron chi connectivity index (χ4n) is 3.48. The predicted molar refractivity (Wildman–Crippen MR) is 82.0 cm³/mol. The third-order valence-corrected chi connectivity index (χ3v) is 4.50. The van der Waals surface area contributed by atoms with Gasteiger partial charge in [-0.25, -0.2) is 0 Å². The van der Waals surface area contributed by atoms with Crippen LogP contribution in [0.15, 0.2) is 24.3 Å². The number of hydrogen-bond donors (Lipinski definition) is 1. The highest BCUT2D eigenvalue weighted by atomic mass is 127. The molecule has 1 aliphatic carbocycles. The molecule has 2 unspecified atom stereocenters. The molecule has 0 amide bonds. The first-order valence-electron chi connectivity index (χ1n) is 6.50. The second kappa shape index (κ2) is 5.27. The molecule has 1 saturated carbocycles. The number of hydrogen-bond acceptors (Lipinski definition) is 1. The molecule has 0 bridgehead atoms. The van der Waals surface area contributed by atoms with E-state index in [1.807, 2.05) is 0 Å². The lowest BCUT2D eigenvalue weighted by Gasteiger charge is -2.40. The maximum atomic E-state index is 6.61. The molecule has 1 nitrogen and oxygen atoms in total. The van der Waals surface area contributed by atoms with Crippen molar-refractivity contribution in [1.82, 2.24) is 0 Å². The predicted octanol–water partition coefficient (Wildman–Crippen LogP) is 3.99. The van der Waals surface area contributed by atoms with E-state index in [2.05, 4.69) is 60.7 Å². The van der Waals surface area contributed by atoms with Crippen LogP contribution in [0.4, 0.5) is 0 Å². The van der Waals surface area contributed by atoms with Crippen LogP contribution in [0, 0.1) is 15.4 Å². The maximum absolute atomic E-state index is 6.61. The van der Waals surface area contributed by atoms with Gasteiger partial charge in [0.2, 0.25) is 0 Å². The highest BCUT2D eigenvalue weighted by Crippen LogP contribution is 2.36. The zero-order valence-corrected chi connectivity index (χ0v) is 12.9. The first kappa shape index (κ1) is 13.3. The van der Waals surface area contributed by atoms with Crippen LogP contribution in [-0.4, -0.2) is 5.54 Å². The van der Waals surface area contributed by atoms with Crippen molar-refractivity contribution in [2.45, 2.75) is 45.1 Å². The molecule has 17 heavy (non-hydrogen) atoms. The van der Waals surface area contributed by atoms with Crippen molar-refractivity contribution in [2.24, 2.45) is 17.6 Å². The van der Waals surface area contributed by atoms with Gasteiger partial charge in [0, 0.05) is 9.11 Å². The summed E-state index contributed by atoms with van der Waals surface area (Å²) in [4.78, 5) is 0. The lowest BCUT2D eigenvalue weighted by atomic mass is 9.70. The summed E-state index contributed by atoms with van der Waals surface area (Å²) < 4.78 is 1.29. The Morgan fingerprint density at radius 1 is 1.18 bits per heavy atom. The minimum absolute atomic E-state index is 0.0177. The largest absolute Gasteiger partial charge is 0.325 e. The van der Waals surface area contributed by atoms with E-state index in [4.69, 9.17) is 5.73 Å². The second-order valence-electron chi connectivity index (χ2n) is 6.02. The minimum Gasteiger partial charge on any atom is -0.325 e. The quantitative estimate of drug-likeness (QED) is 0.808. The van der Waals surface area contributed by atoms with E-state index in [-0.39, 0.29) is 5.54 Å². The van der Waals surface area contributed by atoms with Gasteiger partial charge in [0.05, 0.1) is 0 Å². The van der Waals surface area contributed by atoms with E-state index >= 15 is 0 Å². The lowest BCUT2D eigenvalue weighted by molar-refractivity contribution is 0.182. The third-order valence-electron chi connectivity index (χ3n) is 3.78. The lowest BCUT2D eigenvalue weighted by Crippen LogP contribution is -2.48. The zero-order valence-electron chi connectivity index (χ0n) is 10.7. The summed E-state index contributed by atoms with van der Waals surface area (Å²) in [7, 11) is 0. The van der Waals surface area contributed by atoms with E-state index in [0.29, 0.717) is 0 Å². The molecular weight excluding hydrogens is 321 g/mol. The summed E-state index contributed by atoms with van der Waals surface area (Å²) in [5.74, 6) is 1.54. The van der Waals surface area contributed by atoms with Gasteiger partial charge in [0.1, 0.15) is 0 Å². The first-order valence-corrected chi connectivity index (χ1v) is 7.58. The van der Waals surface area contributed by atoms with Crippen molar-refractivity contribution < 1.29 is 0 Å². The summed E-state index contributed by atoms with van der Waals surface area (Å²) in [6.07, 6.45) is 4.71. The van der Waals surface area contributed by atoms with Crippen LogP contribution in [-0.2, 0) is 6.42 Å². The Labute approximate surface area is 118 Å². The third kappa shape index (κ3) is 3.68. The molecular formula is C15H22IN. The van der Waals surface area contributed by atoms with Gasteiger partial charge >= 0.3 is 0 Å². The molecule has 0 aliphatic heterocycles. The van der Waals surface area contributed by atoms with Gasteiger partial charge in [-0.1, -0.05) is 26.0 Å². The number of rotatable bonds is 2. The van der Waals surface area contributed by atoms with E-state index < -0.39 is 0 Å². The molecule has 0 aromatic heterocycles. The van der Waals surface area contributed by atoms with Crippen molar-refractivity contribution in [2.75, 3.05) is 0 Å². The minimum atomic E-state index is 0.0177. The average molecular weight is 343 g/mol. The second-order valence-corrected chi connectivity index (χ2v) is 7.27. The summed E-state index contributed by atoms with van der Waals surface area (Å²) in [5.41, 5.74) is 8.01. The molecule has 1 aliphatic rings. The molecule has 2 heteroatoms. The van der Waals surface area contributed by atoms with Crippen molar-refractivity contribution >= 4 is 22.6 Å². The van der Waals surface area contributed by atoms with E-state index in [9.17, 15) is 0 Å². The van der Waals surface area contributed by atoms with Gasteiger partial charge in [0.25, 0.3) is 0 Å². The Kier molecular flexibility index (Phi) is 4.14. The van der Waals surface area contributed by atoms with Gasteiger partial charge < -0.3 is 5.73 Å². The van der Waals surface area contributed by atoms with Gasteiger partial charge in [-0.2, -0.15) is 0 Å². The van der Waals surface area contributed by atoms with Crippen molar-refractivity contribution in [3.63, 3.8) is 0 Å². The van der Waals surface area contributed by atoms with Crippen LogP contribution in [0.5, 0.6) is 0 Å². The van der Waals surface area contributed by atoms with Gasteiger partial charge in [-0.15, -0.1) is 0 Å². The molecule has 1 aromatic rings. The molecule has 2 atom stereocenters. The van der Waals surface area contributed by atoms with Crippen LogP contribution in [0.2, 0.25) is 0 Å². The Morgan fingerprint density at radius 3 is 2.24 bits per heavy atom. The molecule has 0 spiro atoms. The van der Waals surface area contributed by atoms with Crippen LogP contribution in [0.25, 0.3) is 0 Å². The zero-order chi connectivity index (χ0) is 12.5. The van der Waals surface area contributed by atoms with E-state index in [1.165, 1.54) is 28.4 Å². The Bertz CT molecular complexity index is 361. The topological polar surface area (TPSA) is 26.0 Å². The number of nitrogens with two attached hydrogens (primary N) is 1. The van der Waals surface area contributed by atoms with Crippen LogP contribution >= 0.6 is 22.6 Å². The van der Waals surface area contributed by atoms with Crippen LogP contribution in [0.1, 0.15) is 38.7 Å². The highest BCUT2D eigenvalue weighted by molar-refractivity contribution is 14.1. The standard InChI is InChI=1S/C15H22IN/c1-11-7-12(2)9-15(17,8-11)10-13-3-5-14(16)6-4-13/h3-6,11-12H,7-10,17H2,1-2H3. The average Bonchev–Trinajstić information content (AvgIpc) is 2.19. The van der Waals surface area contributed by atoms with E-state index in [0.717, 1.165) is 18.3 Å². The normalized spacial score (nSPS) is 33.6. The van der Waals surface area contributed by atoms with Crippen LogP contribution in [0.3, 0.4) is 0 Å². The molecule has 94 valence electrons. The summed E-state index contributed by atoms with van der Waals surface area (Å²) >= 11 is 2.35. The van der Waals surface area contributed by atoms with Gasteiger partial charge in [-0.05, 0) is 77.8 Å². The van der Waals surface area contributed by atoms with Crippen molar-refractivity contribution in [3.8, 4) is 0 Å². The number of halogens is 1. The molecule has 2 rings (SSSR count). The summed E-state index contributed by atoms with van der Waals surface area (Å²) in [6.45, 7) is 4.68. The van der Waals surface area contributed by atoms with Gasteiger partial charge in [-0.3, -0.25) is 0 Å². The van der Waals surface area contributed by atoms with Crippen molar-refractivity contribution in [3.05, 3.63) is 33.4 Å². The van der Waals surface area contributed by atoms with Crippen molar-refractivity contribution in [1.29, 1.82) is 0 Å². The number of benzene rings is 1. The molecule has 1 fully saturated rings. The molecule has 0 saturated heterocycles. The summed E-state index contributed by atoms with van der Waals surface area (Å²) in [6, 6.07) is 8.80. The fourth-order valence-corrected chi connectivity index (χ4v) is 3.84. The maximum Gasteiger partial charge on any atom is 0.0200 e. The Balaban J connectivity index is 2.08. The van der Waals surface area contributed by atoms with Crippen LogP contribution < -0.4 is 5.73 Å². The smallest absolute Gasteiger partial charge is 0.0200 e. The van der Waals surface area contributed by atoms with Gasteiger partial charge in [0.15, 0.2) is 0 Å². The SMILES string of the molecule is CC1CC(C)CC(N)(Cc2ccc(I)cc2)C1.